The summed E-state index contributed by atoms with van der Waals surface area (Å²) in [5.74, 6) is -1.69. The van der Waals surface area contributed by atoms with E-state index in [2.05, 4.69) is 20.6 Å². The number of H-pyrrole nitrogens is 1. The number of amides is 3. The Morgan fingerprint density at radius 2 is 1.73 bits per heavy atom. The zero-order valence-electron chi connectivity index (χ0n) is 16.6. The van der Waals surface area contributed by atoms with Crippen LogP contribution >= 0.6 is 0 Å². The molecule has 0 radical (unpaired) electrons. The summed E-state index contributed by atoms with van der Waals surface area (Å²) in [6, 6.07) is 10.4. The Bertz CT molecular complexity index is 1360. The molecule has 2 aromatic carbocycles. The second-order valence-electron chi connectivity index (χ2n) is 6.99. The number of anilines is 2. The quantitative estimate of drug-likeness (QED) is 0.319. The molecule has 7 nitrogen and oxygen atoms in total. The first kappa shape index (κ1) is 21.8. The van der Waals surface area contributed by atoms with Crippen molar-refractivity contribution in [2.45, 2.75) is 6.18 Å². The number of primary amides is 1. The van der Waals surface area contributed by atoms with E-state index in [0.717, 1.165) is 0 Å². The van der Waals surface area contributed by atoms with Crippen molar-refractivity contribution in [3.63, 3.8) is 0 Å². The number of alkyl halides is 3. The fourth-order valence-corrected chi connectivity index (χ4v) is 3.29. The summed E-state index contributed by atoms with van der Waals surface area (Å²) in [7, 11) is 0. The number of fused-ring (bicyclic) bond motifs is 1. The maximum Gasteiger partial charge on any atom is 0.416 e. The Hall–Kier alpha value is -4.41. The highest BCUT2D eigenvalue weighted by atomic mass is 19.4. The van der Waals surface area contributed by atoms with Crippen LogP contribution in [-0.4, -0.2) is 21.9 Å². The SMILES string of the molecule is NC(=O)c1[nH]c2cccnc2c1-c1ccc(NC(=O)Nc2cc(C(F)(F)F)ccc2F)cc1. The summed E-state index contributed by atoms with van der Waals surface area (Å²) in [5.41, 5.74) is 6.42. The van der Waals surface area contributed by atoms with Crippen molar-refractivity contribution >= 4 is 34.3 Å². The number of hydrogen-bond acceptors (Lipinski definition) is 3. The van der Waals surface area contributed by atoms with Crippen LogP contribution in [-0.2, 0) is 6.18 Å². The van der Waals surface area contributed by atoms with E-state index in [9.17, 15) is 27.2 Å². The molecule has 11 heteroatoms. The van der Waals surface area contributed by atoms with Gasteiger partial charge in [-0.15, -0.1) is 0 Å². The number of carbonyl (C=O) groups excluding carboxylic acids is 2. The predicted octanol–water partition coefficient (Wildman–Crippen LogP) is 5.13. The van der Waals surface area contributed by atoms with Crippen LogP contribution in [0.15, 0.2) is 60.8 Å². The molecule has 0 unspecified atom stereocenters. The summed E-state index contributed by atoms with van der Waals surface area (Å²) < 4.78 is 52.3. The van der Waals surface area contributed by atoms with Gasteiger partial charge in [0.2, 0.25) is 0 Å². The van der Waals surface area contributed by atoms with Crippen LogP contribution in [0.5, 0.6) is 0 Å². The van der Waals surface area contributed by atoms with E-state index in [1.54, 1.807) is 30.5 Å². The van der Waals surface area contributed by atoms with Crippen LogP contribution in [0.1, 0.15) is 16.1 Å². The summed E-state index contributed by atoms with van der Waals surface area (Å²) in [6.45, 7) is 0. The Labute approximate surface area is 183 Å². The Kier molecular flexibility index (Phi) is 5.46. The van der Waals surface area contributed by atoms with Crippen molar-refractivity contribution in [2.75, 3.05) is 10.6 Å². The van der Waals surface area contributed by atoms with Crippen LogP contribution in [0, 0.1) is 5.82 Å². The van der Waals surface area contributed by atoms with Gasteiger partial charge >= 0.3 is 12.2 Å². The van der Waals surface area contributed by atoms with Gasteiger partial charge in [0.25, 0.3) is 5.91 Å². The lowest BCUT2D eigenvalue weighted by Crippen LogP contribution is -2.20. The average Bonchev–Trinajstić information content (AvgIpc) is 3.15. The minimum atomic E-state index is -4.68. The number of hydrogen-bond donors (Lipinski definition) is 4. The summed E-state index contributed by atoms with van der Waals surface area (Å²) in [6.07, 6.45) is -3.12. The zero-order chi connectivity index (χ0) is 23.8. The van der Waals surface area contributed by atoms with Gasteiger partial charge in [-0.1, -0.05) is 12.1 Å². The molecule has 0 aliphatic rings. The fraction of sp³-hybridized carbons (Fsp3) is 0.0455. The van der Waals surface area contributed by atoms with E-state index < -0.39 is 35.2 Å². The number of rotatable bonds is 4. The molecule has 0 saturated carbocycles. The lowest BCUT2D eigenvalue weighted by Gasteiger charge is -2.12. The van der Waals surface area contributed by atoms with Crippen molar-refractivity contribution in [1.82, 2.24) is 9.97 Å². The Balaban J connectivity index is 1.55. The van der Waals surface area contributed by atoms with Crippen molar-refractivity contribution < 1.29 is 27.2 Å². The van der Waals surface area contributed by atoms with E-state index in [-0.39, 0.29) is 11.4 Å². The lowest BCUT2D eigenvalue weighted by molar-refractivity contribution is -0.137. The third-order valence-corrected chi connectivity index (χ3v) is 4.77. The number of benzene rings is 2. The lowest BCUT2D eigenvalue weighted by atomic mass is 10.0. The molecule has 4 aromatic rings. The van der Waals surface area contributed by atoms with Gasteiger partial charge in [0, 0.05) is 17.4 Å². The first-order chi connectivity index (χ1) is 15.6. The van der Waals surface area contributed by atoms with Crippen LogP contribution in [0.25, 0.3) is 22.2 Å². The normalized spacial score (nSPS) is 11.4. The van der Waals surface area contributed by atoms with Crippen molar-refractivity contribution in [3.8, 4) is 11.1 Å². The summed E-state index contributed by atoms with van der Waals surface area (Å²) >= 11 is 0. The molecule has 2 aromatic heterocycles. The van der Waals surface area contributed by atoms with E-state index in [0.29, 0.717) is 40.4 Å². The van der Waals surface area contributed by atoms with Gasteiger partial charge in [0.05, 0.1) is 22.3 Å². The molecule has 0 bridgehead atoms. The highest BCUT2D eigenvalue weighted by Gasteiger charge is 2.31. The molecule has 5 N–H and O–H groups in total. The molecule has 0 atom stereocenters. The van der Waals surface area contributed by atoms with E-state index in [4.69, 9.17) is 5.73 Å². The maximum atomic E-state index is 13.8. The molecule has 4 rings (SSSR count). The summed E-state index contributed by atoms with van der Waals surface area (Å²) in [4.78, 5) is 31.2. The molecule has 0 fully saturated rings. The first-order valence-electron chi connectivity index (χ1n) is 9.45. The minimum Gasteiger partial charge on any atom is -0.364 e. The molecular formula is C22H15F4N5O2. The van der Waals surface area contributed by atoms with E-state index in [1.165, 1.54) is 12.1 Å². The summed E-state index contributed by atoms with van der Waals surface area (Å²) in [5, 5.41) is 4.47. The topological polar surface area (TPSA) is 113 Å². The van der Waals surface area contributed by atoms with Gasteiger partial charge < -0.3 is 21.4 Å². The smallest absolute Gasteiger partial charge is 0.364 e. The predicted molar refractivity (Wildman–Crippen MR) is 114 cm³/mol. The average molecular weight is 457 g/mol. The molecule has 2 heterocycles. The standard InChI is InChI=1S/C22H15F4N5O2/c23-14-8-5-12(22(24,25)26)10-16(14)31-21(33)29-13-6-3-11(4-7-13)17-18-15(2-1-9-28-18)30-19(17)20(27)32/h1-10,30H,(H2,27,32)(H2,29,31,33). The Morgan fingerprint density at radius 1 is 1.00 bits per heavy atom. The minimum absolute atomic E-state index is 0.169. The number of aromatic amines is 1. The number of pyridine rings is 1. The number of aromatic nitrogens is 2. The maximum absolute atomic E-state index is 13.8. The van der Waals surface area contributed by atoms with Crippen molar-refractivity contribution in [2.24, 2.45) is 5.73 Å². The highest BCUT2D eigenvalue weighted by Crippen LogP contribution is 2.33. The van der Waals surface area contributed by atoms with Crippen LogP contribution in [0.3, 0.4) is 0 Å². The number of nitrogens with zero attached hydrogens (tertiary/aromatic N) is 1. The first-order valence-corrected chi connectivity index (χ1v) is 9.45. The molecule has 0 aliphatic heterocycles. The van der Waals surface area contributed by atoms with Gasteiger partial charge in [-0.05, 0) is 48.0 Å². The molecule has 168 valence electrons. The second-order valence-corrected chi connectivity index (χ2v) is 6.99. The van der Waals surface area contributed by atoms with Gasteiger partial charge in [0.15, 0.2) is 0 Å². The van der Waals surface area contributed by atoms with Crippen molar-refractivity contribution in [3.05, 3.63) is 77.9 Å². The monoisotopic (exact) mass is 457 g/mol. The molecule has 0 saturated heterocycles. The number of nitrogens with one attached hydrogen (secondary N) is 3. The molecular weight excluding hydrogens is 442 g/mol. The number of halogens is 4. The zero-order valence-corrected chi connectivity index (χ0v) is 16.6. The van der Waals surface area contributed by atoms with Gasteiger partial charge in [-0.25, -0.2) is 9.18 Å². The third-order valence-electron chi connectivity index (χ3n) is 4.77. The van der Waals surface area contributed by atoms with Crippen LogP contribution < -0.4 is 16.4 Å². The van der Waals surface area contributed by atoms with Gasteiger partial charge in [0.1, 0.15) is 11.5 Å². The van der Waals surface area contributed by atoms with E-state index in [1.807, 2.05) is 0 Å². The molecule has 3 amide bonds. The number of nitrogens with two attached hydrogens (primary N) is 1. The van der Waals surface area contributed by atoms with Gasteiger partial charge in [-0.3, -0.25) is 9.78 Å². The fourth-order valence-electron chi connectivity index (χ4n) is 3.29. The number of urea groups is 1. The van der Waals surface area contributed by atoms with Gasteiger partial charge in [-0.2, -0.15) is 13.2 Å². The molecule has 0 aliphatic carbocycles. The molecule has 33 heavy (non-hydrogen) atoms. The van der Waals surface area contributed by atoms with Crippen molar-refractivity contribution in [1.29, 1.82) is 0 Å². The second kappa shape index (κ2) is 8.26. The molecule has 0 spiro atoms. The van der Waals surface area contributed by atoms with Crippen LogP contribution in [0.4, 0.5) is 33.7 Å². The van der Waals surface area contributed by atoms with E-state index >= 15 is 0 Å². The number of carbonyl (C=O) groups is 2. The highest BCUT2D eigenvalue weighted by molar-refractivity contribution is 6.08. The Morgan fingerprint density at radius 3 is 2.39 bits per heavy atom. The largest absolute Gasteiger partial charge is 0.416 e. The van der Waals surface area contributed by atoms with Crippen LogP contribution in [0.2, 0.25) is 0 Å². The third kappa shape index (κ3) is 4.47.